The van der Waals surface area contributed by atoms with Crippen LogP contribution < -0.4 is 39.1 Å². The molecule has 0 amide bonds. The molecule has 4 heterocycles. The molecule has 14 nitrogen and oxygen atoms in total. The number of hydrogen-bond donors (Lipinski definition) is 2. The maximum atomic E-state index is 12.7. The van der Waals surface area contributed by atoms with E-state index in [1.54, 1.807) is 26.2 Å². The van der Waals surface area contributed by atoms with Crippen LogP contribution in [0.2, 0.25) is 0 Å². The summed E-state index contributed by atoms with van der Waals surface area (Å²) in [6.07, 6.45) is 3.29. The van der Waals surface area contributed by atoms with E-state index in [9.17, 15) is 4.79 Å². The molecular formula is C42H48N6O8. The number of carbonyl (C=O) groups excluding carboxylic acids is 1. The Kier molecular flexibility index (Phi) is 13.5. The van der Waals surface area contributed by atoms with Crippen molar-refractivity contribution in [1.29, 1.82) is 0 Å². The first-order valence-corrected chi connectivity index (χ1v) is 18.1. The maximum absolute atomic E-state index is 12.7. The SMILES string of the molecule is CCOC(=O)c1cnc2nc(C)c(OCC)cc2c1Nc1cc(OC)c(OC)c(OC)c1.CCOc1cc2c(Nc3ccc(OC)cc3)c(C)cnc2nc1C. The standard InChI is InChI=1S/C23H27N3O6.C19H21N3O2/c1-7-31-17-11-15-20(16(23(27)32-8-2)12-24-22(15)25-13(17)3)26-14-9-18(28-4)21(30-6)19(10-14)29-5;1-5-24-17-10-16-18(12(2)11-20-19(16)21-13(17)3)22-14-6-8-15(23-4)9-7-14/h9-12H,7-8H2,1-6H3,(H,24,25,26);6-11H,5H2,1-4H3,(H,20,21,22). The quantitative estimate of drug-likeness (QED) is 0.102. The molecule has 6 rings (SSSR count). The molecular weight excluding hydrogens is 716 g/mol. The van der Waals surface area contributed by atoms with Gasteiger partial charge < -0.3 is 43.8 Å². The number of hydrogen-bond acceptors (Lipinski definition) is 14. The average Bonchev–Trinajstić information content (AvgIpc) is 3.20. The molecule has 4 aromatic heterocycles. The molecule has 0 saturated carbocycles. The highest BCUT2D eigenvalue weighted by Gasteiger charge is 2.21. The summed E-state index contributed by atoms with van der Waals surface area (Å²) in [4.78, 5) is 30.6. The Labute approximate surface area is 326 Å². The van der Waals surface area contributed by atoms with Gasteiger partial charge in [-0.2, -0.15) is 0 Å². The molecule has 0 spiro atoms. The van der Waals surface area contributed by atoms with Crippen LogP contribution >= 0.6 is 0 Å². The average molecular weight is 765 g/mol. The Balaban J connectivity index is 0.000000223. The van der Waals surface area contributed by atoms with Crippen molar-refractivity contribution in [3.63, 3.8) is 0 Å². The molecule has 56 heavy (non-hydrogen) atoms. The molecule has 2 aromatic carbocycles. The minimum atomic E-state index is -0.504. The van der Waals surface area contributed by atoms with Gasteiger partial charge in [0.2, 0.25) is 5.75 Å². The van der Waals surface area contributed by atoms with Crippen LogP contribution in [0.15, 0.2) is 60.9 Å². The highest BCUT2D eigenvalue weighted by Crippen LogP contribution is 2.42. The summed E-state index contributed by atoms with van der Waals surface area (Å²) in [5, 5.41) is 8.31. The van der Waals surface area contributed by atoms with Gasteiger partial charge in [0.1, 0.15) is 22.8 Å². The van der Waals surface area contributed by atoms with Crippen LogP contribution in [-0.4, -0.2) is 74.2 Å². The third-order valence-electron chi connectivity index (χ3n) is 8.58. The van der Waals surface area contributed by atoms with Gasteiger partial charge in [-0.1, -0.05) is 0 Å². The molecule has 0 radical (unpaired) electrons. The molecule has 0 unspecified atom stereocenters. The summed E-state index contributed by atoms with van der Waals surface area (Å²) >= 11 is 0. The van der Waals surface area contributed by atoms with Crippen molar-refractivity contribution < 1.29 is 38.0 Å². The van der Waals surface area contributed by atoms with E-state index in [-0.39, 0.29) is 12.2 Å². The molecule has 6 aromatic rings. The van der Waals surface area contributed by atoms with Crippen LogP contribution in [0.4, 0.5) is 22.7 Å². The lowest BCUT2D eigenvalue weighted by Gasteiger charge is -2.18. The number of anilines is 4. The van der Waals surface area contributed by atoms with E-state index in [1.807, 2.05) is 77.2 Å². The van der Waals surface area contributed by atoms with Crippen molar-refractivity contribution in [3.8, 4) is 34.5 Å². The van der Waals surface area contributed by atoms with Crippen molar-refractivity contribution in [2.45, 2.75) is 41.5 Å². The number of esters is 1. The van der Waals surface area contributed by atoms with Gasteiger partial charge in [-0.25, -0.2) is 24.7 Å². The first-order chi connectivity index (χ1) is 27.1. The fourth-order valence-corrected chi connectivity index (χ4v) is 5.87. The predicted octanol–water partition coefficient (Wildman–Crippen LogP) is 8.68. The van der Waals surface area contributed by atoms with E-state index >= 15 is 0 Å². The van der Waals surface area contributed by atoms with Crippen molar-refractivity contribution in [2.75, 3.05) is 58.9 Å². The van der Waals surface area contributed by atoms with Crippen LogP contribution in [0.25, 0.3) is 22.1 Å². The summed E-state index contributed by atoms with van der Waals surface area (Å²) in [6, 6.07) is 15.1. The molecule has 0 atom stereocenters. The molecule has 0 aliphatic heterocycles. The number of nitrogens with zero attached hydrogens (tertiary/aromatic N) is 4. The molecule has 0 bridgehead atoms. The van der Waals surface area contributed by atoms with Gasteiger partial charge >= 0.3 is 5.97 Å². The van der Waals surface area contributed by atoms with Gasteiger partial charge in [-0.3, -0.25) is 0 Å². The number of benzene rings is 2. The van der Waals surface area contributed by atoms with E-state index in [0.29, 0.717) is 70.0 Å². The van der Waals surface area contributed by atoms with Crippen LogP contribution in [0.3, 0.4) is 0 Å². The van der Waals surface area contributed by atoms with Crippen LogP contribution in [0.5, 0.6) is 34.5 Å². The number of pyridine rings is 4. The van der Waals surface area contributed by atoms with Gasteiger partial charge in [0.15, 0.2) is 22.8 Å². The number of aryl methyl sites for hydroxylation is 3. The van der Waals surface area contributed by atoms with E-state index < -0.39 is 5.97 Å². The van der Waals surface area contributed by atoms with Crippen molar-refractivity contribution in [1.82, 2.24) is 19.9 Å². The van der Waals surface area contributed by atoms with Crippen molar-refractivity contribution >= 4 is 50.8 Å². The third-order valence-corrected chi connectivity index (χ3v) is 8.58. The topological polar surface area (TPSA) is 157 Å². The second kappa shape index (κ2) is 18.7. The molecule has 294 valence electrons. The lowest BCUT2D eigenvalue weighted by atomic mass is 10.1. The second-order valence-electron chi connectivity index (χ2n) is 12.2. The minimum absolute atomic E-state index is 0.233. The van der Waals surface area contributed by atoms with Gasteiger partial charge in [0, 0.05) is 46.7 Å². The van der Waals surface area contributed by atoms with Crippen molar-refractivity contribution in [3.05, 3.63) is 83.4 Å². The van der Waals surface area contributed by atoms with E-state index in [1.165, 1.54) is 27.5 Å². The molecule has 0 fully saturated rings. The van der Waals surface area contributed by atoms with Gasteiger partial charge in [-0.05, 0) is 83.5 Å². The third kappa shape index (κ3) is 9.03. The Morgan fingerprint density at radius 1 is 0.607 bits per heavy atom. The first-order valence-electron chi connectivity index (χ1n) is 18.1. The molecule has 0 saturated heterocycles. The molecule has 2 N–H and O–H groups in total. The van der Waals surface area contributed by atoms with Gasteiger partial charge in [-0.15, -0.1) is 0 Å². The normalized spacial score (nSPS) is 10.6. The van der Waals surface area contributed by atoms with Crippen molar-refractivity contribution in [2.24, 2.45) is 0 Å². The number of aromatic nitrogens is 4. The largest absolute Gasteiger partial charge is 0.497 e. The number of fused-ring (bicyclic) bond motifs is 2. The minimum Gasteiger partial charge on any atom is -0.497 e. The molecule has 0 aliphatic carbocycles. The fraction of sp³-hybridized carbons (Fsp3) is 0.310. The van der Waals surface area contributed by atoms with Crippen LogP contribution in [-0.2, 0) is 4.74 Å². The first kappa shape index (κ1) is 40.6. The van der Waals surface area contributed by atoms with E-state index in [2.05, 4.69) is 30.6 Å². The summed E-state index contributed by atoms with van der Waals surface area (Å²) < 4.78 is 38.1. The number of nitrogens with one attached hydrogen (secondary N) is 2. The summed E-state index contributed by atoms with van der Waals surface area (Å²) in [5.41, 5.74) is 7.08. The zero-order valence-corrected chi connectivity index (χ0v) is 33.4. The number of methoxy groups -OCH3 is 4. The Bertz CT molecular complexity index is 2290. The van der Waals surface area contributed by atoms with E-state index in [4.69, 9.17) is 33.2 Å². The monoisotopic (exact) mass is 764 g/mol. The Morgan fingerprint density at radius 3 is 1.64 bits per heavy atom. The Morgan fingerprint density at radius 2 is 1.14 bits per heavy atom. The predicted molar refractivity (Wildman–Crippen MR) is 217 cm³/mol. The summed E-state index contributed by atoms with van der Waals surface area (Å²) in [6.45, 7) is 12.7. The highest BCUT2D eigenvalue weighted by atomic mass is 16.5. The summed E-state index contributed by atoms with van der Waals surface area (Å²) in [7, 11) is 6.26. The lowest BCUT2D eigenvalue weighted by Crippen LogP contribution is -2.10. The number of rotatable bonds is 14. The number of carbonyl (C=O) groups is 1. The maximum Gasteiger partial charge on any atom is 0.341 e. The molecule has 0 aliphatic rings. The van der Waals surface area contributed by atoms with Gasteiger partial charge in [0.25, 0.3) is 0 Å². The second-order valence-corrected chi connectivity index (χ2v) is 12.2. The zero-order chi connectivity index (χ0) is 40.4. The van der Waals surface area contributed by atoms with Crippen LogP contribution in [0, 0.1) is 20.8 Å². The summed E-state index contributed by atoms with van der Waals surface area (Å²) in [5.74, 6) is 3.11. The highest BCUT2D eigenvalue weighted by molar-refractivity contribution is 6.05. The smallest absolute Gasteiger partial charge is 0.341 e. The zero-order valence-electron chi connectivity index (χ0n) is 33.4. The van der Waals surface area contributed by atoms with Gasteiger partial charge in [0.05, 0.1) is 71.0 Å². The van der Waals surface area contributed by atoms with E-state index in [0.717, 1.165) is 39.5 Å². The molecule has 14 heteroatoms. The Hall–Kier alpha value is -6.57. The lowest BCUT2D eigenvalue weighted by molar-refractivity contribution is 0.0527. The fourth-order valence-electron chi connectivity index (χ4n) is 5.87. The van der Waals surface area contributed by atoms with Crippen LogP contribution in [0.1, 0.15) is 48.1 Å². The number of ether oxygens (including phenoxy) is 7.